The molecule has 0 heterocycles. The quantitative estimate of drug-likeness (QED) is 0.742. The van der Waals surface area contributed by atoms with E-state index in [0.717, 1.165) is 35.8 Å². The molecule has 2 rings (SSSR count). The van der Waals surface area contributed by atoms with Crippen molar-refractivity contribution < 1.29 is 4.79 Å². The molecular weight excluding hydrogens is 314 g/mol. The van der Waals surface area contributed by atoms with Gasteiger partial charge in [0.1, 0.15) is 0 Å². The van der Waals surface area contributed by atoms with Crippen molar-refractivity contribution in [2.75, 3.05) is 11.9 Å². The van der Waals surface area contributed by atoms with E-state index in [1.165, 1.54) is 24.8 Å². The number of nitrogens with zero attached hydrogens (tertiary/aromatic N) is 1. The van der Waals surface area contributed by atoms with Crippen LogP contribution in [-0.2, 0) is 0 Å². The van der Waals surface area contributed by atoms with Gasteiger partial charge in [0.15, 0.2) is 0 Å². The first-order valence-electron chi connectivity index (χ1n) is 7.57. The maximum atomic E-state index is 12.9. The van der Waals surface area contributed by atoms with Gasteiger partial charge in [-0.25, -0.2) is 0 Å². The summed E-state index contributed by atoms with van der Waals surface area (Å²) < 4.78 is 0. The van der Waals surface area contributed by atoms with Gasteiger partial charge in [-0.1, -0.05) is 52.9 Å². The summed E-state index contributed by atoms with van der Waals surface area (Å²) in [6, 6.07) is 6.54. The number of carbonyl (C=O) groups is 1. The summed E-state index contributed by atoms with van der Waals surface area (Å²) in [6.45, 7) is 4.91. The molecule has 0 N–H and O–H groups in total. The second-order valence-electron chi connectivity index (χ2n) is 5.80. The van der Waals surface area contributed by atoms with Crippen LogP contribution in [0.3, 0.4) is 0 Å². The SMILES string of the molecule is Cc1ccc(C(=O)N(CCBr)C2CCCCC2)c(C)c1. The Hall–Kier alpha value is -0.830. The molecule has 0 atom stereocenters. The van der Waals surface area contributed by atoms with Crippen molar-refractivity contribution in [3.05, 3.63) is 34.9 Å². The maximum absolute atomic E-state index is 12.9. The highest BCUT2D eigenvalue weighted by Gasteiger charge is 2.26. The number of alkyl halides is 1. The first kappa shape index (κ1) is 15.6. The van der Waals surface area contributed by atoms with Gasteiger partial charge >= 0.3 is 0 Å². The first-order chi connectivity index (χ1) is 9.63. The number of hydrogen-bond donors (Lipinski definition) is 0. The number of amides is 1. The highest BCUT2D eigenvalue weighted by molar-refractivity contribution is 9.09. The Balaban J connectivity index is 2.21. The molecule has 2 nitrogen and oxygen atoms in total. The molecule has 0 unspecified atom stereocenters. The van der Waals surface area contributed by atoms with Crippen molar-refractivity contribution in [2.45, 2.75) is 52.0 Å². The zero-order valence-electron chi connectivity index (χ0n) is 12.5. The van der Waals surface area contributed by atoms with Crippen molar-refractivity contribution in [2.24, 2.45) is 0 Å². The third-order valence-electron chi connectivity index (χ3n) is 4.21. The van der Waals surface area contributed by atoms with E-state index in [-0.39, 0.29) is 5.91 Å². The molecule has 0 aromatic heterocycles. The van der Waals surface area contributed by atoms with E-state index in [9.17, 15) is 4.79 Å². The van der Waals surface area contributed by atoms with E-state index in [1.54, 1.807) is 0 Å². The van der Waals surface area contributed by atoms with E-state index in [4.69, 9.17) is 0 Å². The first-order valence-corrected chi connectivity index (χ1v) is 8.70. The second-order valence-corrected chi connectivity index (χ2v) is 6.59. The largest absolute Gasteiger partial charge is 0.335 e. The summed E-state index contributed by atoms with van der Waals surface area (Å²) >= 11 is 3.49. The number of halogens is 1. The fourth-order valence-electron chi connectivity index (χ4n) is 3.14. The standard InChI is InChI=1S/C17H24BrNO/c1-13-8-9-16(14(2)12-13)17(20)19(11-10-18)15-6-4-3-5-7-15/h8-9,12,15H,3-7,10-11H2,1-2H3. The third-order valence-corrected chi connectivity index (χ3v) is 4.57. The van der Waals surface area contributed by atoms with Gasteiger partial charge in [-0.2, -0.15) is 0 Å². The van der Waals surface area contributed by atoms with Gasteiger partial charge in [0.05, 0.1) is 0 Å². The Kier molecular flexibility index (Phi) is 5.64. The molecule has 1 fully saturated rings. The van der Waals surface area contributed by atoms with Crippen molar-refractivity contribution in [1.29, 1.82) is 0 Å². The fourth-order valence-corrected chi connectivity index (χ4v) is 3.52. The lowest BCUT2D eigenvalue weighted by Crippen LogP contribution is -2.42. The topological polar surface area (TPSA) is 20.3 Å². The van der Waals surface area contributed by atoms with Gasteiger partial charge in [0.25, 0.3) is 5.91 Å². The van der Waals surface area contributed by atoms with Crippen LogP contribution in [0.1, 0.15) is 53.6 Å². The smallest absolute Gasteiger partial charge is 0.254 e. The number of benzene rings is 1. The third kappa shape index (κ3) is 3.63. The van der Waals surface area contributed by atoms with Crippen LogP contribution in [0, 0.1) is 13.8 Å². The Labute approximate surface area is 130 Å². The summed E-state index contributed by atoms with van der Waals surface area (Å²) in [4.78, 5) is 15.0. The van der Waals surface area contributed by atoms with Crippen LogP contribution in [0.15, 0.2) is 18.2 Å². The Morgan fingerprint density at radius 1 is 1.25 bits per heavy atom. The molecule has 20 heavy (non-hydrogen) atoms. The van der Waals surface area contributed by atoms with E-state index in [0.29, 0.717) is 6.04 Å². The molecule has 3 heteroatoms. The monoisotopic (exact) mass is 337 g/mol. The molecular formula is C17H24BrNO. The average molecular weight is 338 g/mol. The number of aryl methyl sites for hydroxylation is 2. The maximum Gasteiger partial charge on any atom is 0.254 e. The van der Waals surface area contributed by atoms with Crippen LogP contribution in [0.5, 0.6) is 0 Å². The summed E-state index contributed by atoms with van der Waals surface area (Å²) in [6.07, 6.45) is 6.14. The van der Waals surface area contributed by atoms with E-state index >= 15 is 0 Å². The van der Waals surface area contributed by atoms with Crippen LogP contribution in [0.25, 0.3) is 0 Å². The summed E-state index contributed by atoms with van der Waals surface area (Å²) in [7, 11) is 0. The lowest BCUT2D eigenvalue weighted by atomic mass is 9.93. The van der Waals surface area contributed by atoms with Crippen LogP contribution >= 0.6 is 15.9 Å². The summed E-state index contributed by atoms with van der Waals surface area (Å²) in [5.74, 6) is 0.203. The number of hydrogen-bond acceptors (Lipinski definition) is 1. The van der Waals surface area contributed by atoms with E-state index < -0.39 is 0 Å². The van der Waals surface area contributed by atoms with E-state index in [2.05, 4.69) is 33.8 Å². The van der Waals surface area contributed by atoms with Crippen molar-refractivity contribution in [1.82, 2.24) is 4.90 Å². The second kappa shape index (κ2) is 7.26. The molecule has 1 aliphatic rings. The minimum Gasteiger partial charge on any atom is -0.335 e. The van der Waals surface area contributed by atoms with Crippen LogP contribution in [0.2, 0.25) is 0 Å². The predicted octanol–water partition coefficient (Wildman–Crippen LogP) is 4.47. The Morgan fingerprint density at radius 2 is 1.95 bits per heavy atom. The summed E-state index contributed by atoms with van der Waals surface area (Å²) in [5.41, 5.74) is 3.16. The van der Waals surface area contributed by atoms with Crippen molar-refractivity contribution >= 4 is 21.8 Å². The summed E-state index contributed by atoms with van der Waals surface area (Å²) in [5, 5.41) is 0.847. The highest BCUT2D eigenvalue weighted by Crippen LogP contribution is 2.25. The lowest BCUT2D eigenvalue weighted by Gasteiger charge is -2.34. The average Bonchev–Trinajstić information content (AvgIpc) is 2.45. The number of rotatable bonds is 4. The van der Waals surface area contributed by atoms with Gasteiger partial charge < -0.3 is 4.90 Å². The predicted molar refractivity (Wildman–Crippen MR) is 87.6 cm³/mol. The molecule has 1 aromatic rings. The van der Waals surface area contributed by atoms with Crippen molar-refractivity contribution in [3.63, 3.8) is 0 Å². The molecule has 0 saturated heterocycles. The molecule has 1 saturated carbocycles. The lowest BCUT2D eigenvalue weighted by molar-refractivity contribution is 0.0650. The van der Waals surface area contributed by atoms with E-state index in [1.807, 2.05) is 19.1 Å². The molecule has 1 aliphatic carbocycles. The normalized spacial score (nSPS) is 16.1. The minimum absolute atomic E-state index is 0.203. The molecule has 1 aromatic carbocycles. The van der Waals surface area contributed by atoms with Gasteiger partial charge in [-0.15, -0.1) is 0 Å². The zero-order valence-corrected chi connectivity index (χ0v) is 14.1. The van der Waals surface area contributed by atoms with Crippen LogP contribution in [0.4, 0.5) is 0 Å². The fraction of sp³-hybridized carbons (Fsp3) is 0.588. The van der Waals surface area contributed by atoms with Crippen LogP contribution < -0.4 is 0 Å². The number of carbonyl (C=O) groups excluding carboxylic acids is 1. The molecule has 0 aliphatic heterocycles. The molecule has 1 amide bonds. The molecule has 0 radical (unpaired) electrons. The van der Waals surface area contributed by atoms with Gasteiger partial charge in [-0.05, 0) is 38.3 Å². The Morgan fingerprint density at radius 3 is 2.55 bits per heavy atom. The molecule has 0 bridgehead atoms. The van der Waals surface area contributed by atoms with Gasteiger partial charge in [-0.3, -0.25) is 4.79 Å². The highest BCUT2D eigenvalue weighted by atomic mass is 79.9. The Bertz CT molecular complexity index is 466. The van der Waals surface area contributed by atoms with Gasteiger partial charge in [0, 0.05) is 23.5 Å². The van der Waals surface area contributed by atoms with Crippen molar-refractivity contribution in [3.8, 4) is 0 Å². The van der Waals surface area contributed by atoms with Crippen LogP contribution in [-0.4, -0.2) is 28.7 Å². The molecule has 0 spiro atoms. The zero-order chi connectivity index (χ0) is 14.5. The molecule has 110 valence electrons. The minimum atomic E-state index is 0.203. The van der Waals surface area contributed by atoms with Gasteiger partial charge in [0.2, 0.25) is 0 Å².